The molecule has 0 atom stereocenters. The van der Waals surface area contributed by atoms with Crippen LogP contribution in [0.4, 0.5) is 8.78 Å². The summed E-state index contributed by atoms with van der Waals surface area (Å²) in [5, 5.41) is 0.0225. The number of rotatable bonds is 5. The molecule has 1 aromatic rings. The van der Waals surface area contributed by atoms with Crippen LogP contribution in [0.5, 0.6) is 0 Å². The highest BCUT2D eigenvalue weighted by molar-refractivity contribution is 6.29. The molecule has 0 N–H and O–H groups in total. The van der Waals surface area contributed by atoms with Crippen molar-refractivity contribution in [3.8, 4) is 0 Å². The van der Waals surface area contributed by atoms with Crippen LogP contribution in [0.25, 0.3) is 0 Å². The van der Waals surface area contributed by atoms with Gasteiger partial charge < -0.3 is 4.74 Å². The molecule has 0 aliphatic rings. The minimum absolute atomic E-state index is 0.0225. The van der Waals surface area contributed by atoms with Crippen molar-refractivity contribution in [3.63, 3.8) is 0 Å². The van der Waals surface area contributed by atoms with Crippen molar-refractivity contribution in [1.29, 1.82) is 0 Å². The predicted octanol–water partition coefficient (Wildman–Crippen LogP) is 3.52. The summed E-state index contributed by atoms with van der Waals surface area (Å²) >= 11 is 11.3. The molecule has 0 spiro atoms. The third-order valence-electron chi connectivity index (χ3n) is 2.17. The Balaban J connectivity index is 3.15. The van der Waals surface area contributed by atoms with E-state index in [2.05, 4.69) is 4.98 Å². The third-order valence-corrected chi connectivity index (χ3v) is 2.65. The van der Waals surface area contributed by atoms with Gasteiger partial charge in [-0.1, -0.05) is 11.6 Å². The van der Waals surface area contributed by atoms with Gasteiger partial charge in [-0.15, -0.1) is 11.6 Å². The van der Waals surface area contributed by atoms with Crippen molar-refractivity contribution in [2.24, 2.45) is 0 Å². The summed E-state index contributed by atoms with van der Waals surface area (Å²) in [5.41, 5.74) is -0.264. The van der Waals surface area contributed by atoms with Crippen LogP contribution in [0.2, 0.25) is 5.15 Å². The summed E-state index contributed by atoms with van der Waals surface area (Å²) in [4.78, 5) is 15.1. The summed E-state index contributed by atoms with van der Waals surface area (Å²) in [6.07, 6.45) is -3.12. The van der Waals surface area contributed by atoms with Crippen LogP contribution in [-0.4, -0.2) is 17.6 Å². The van der Waals surface area contributed by atoms with Crippen LogP contribution in [0, 0.1) is 0 Å². The van der Waals surface area contributed by atoms with Gasteiger partial charge in [-0.05, 0) is 18.6 Å². The van der Waals surface area contributed by atoms with E-state index in [0.717, 1.165) is 0 Å². The van der Waals surface area contributed by atoms with Gasteiger partial charge >= 0.3 is 5.97 Å². The number of carbonyl (C=O) groups is 1. The number of pyridine rings is 1. The van der Waals surface area contributed by atoms with E-state index in [-0.39, 0.29) is 40.9 Å². The largest absolute Gasteiger partial charge is 0.466 e. The van der Waals surface area contributed by atoms with Gasteiger partial charge in [0, 0.05) is 11.4 Å². The lowest BCUT2D eigenvalue weighted by Crippen LogP contribution is -2.12. The fourth-order valence-electron chi connectivity index (χ4n) is 1.49. The van der Waals surface area contributed by atoms with Gasteiger partial charge in [0.15, 0.2) is 0 Å². The molecule has 0 radical (unpaired) electrons. The van der Waals surface area contributed by atoms with Gasteiger partial charge in [0.2, 0.25) is 0 Å². The first kappa shape index (κ1) is 15.1. The summed E-state index contributed by atoms with van der Waals surface area (Å²) in [6.45, 7) is 1.80. The molecule has 0 bridgehead atoms. The minimum atomic E-state index is -2.77. The van der Waals surface area contributed by atoms with Gasteiger partial charge in [0.05, 0.1) is 18.7 Å². The molecular formula is C11H11Cl2F2NO2. The Labute approximate surface area is 113 Å². The normalized spacial score (nSPS) is 10.8. The van der Waals surface area contributed by atoms with E-state index in [1.165, 1.54) is 6.07 Å². The van der Waals surface area contributed by atoms with E-state index in [1.807, 2.05) is 0 Å². The number of hydrogen-bond donors (Lipinski definition) is 0. The Morgan fingerprint density at radius 1 is 1.56 bits per heavy atom. The van der Waals surface area contributed by atoms with E-state index in [4.69, 9.17) is 27.9 Å². The van der Waals surface area contributed by atoms with Gasteiger partial charge in [0.25, 0.3) is 6.43 Å². The molecule has 0 fully saturated rings. The summed E-state index contributed by atoms with van der Waals surface area (Å²) < 4.78 is 30.6. The van der Waals surface area contributed by atoms with Crippen molar-refractivity contribution in [3.05, 3.63) is 28.0 Å². The average Bonchev–Trinajstić information content (AvgIpc) is 2.27. The van der Waals surface area contributed by atoms with Crippen molar-refractivity contribution >= 4 is 29.2 Å². The lowest BCUT2D eigenvalue weighted by molar-refractivity contribution is -0.142. The second-order valence-corrected chi connectivity index (χ2v) is 4.04. The number of hydrogen-bond acceptors (Lipinski definition) is 3. The Bertz CT molecular complexity index is 441. The monoisotopic (exact) mass is 297 g/mol. The molecule has 7 heteroatoms. The maximum Gasteiger partial charge on any atom is 0.311 e. The number of alkyl halides is 3. The maximum absolute atomic E-state index is 12.9. The molecule has 0 amide bonds. The Hall–Kier alpha value is -0.940. The van der Waals surface area contributed by atoms with E-state index in [0.29, 0.717) is 0 Å². The number of ether oxygens (including phenoxy) is 1. The minimum Gasteiger partial charge on any atom is -0.466 e. The van der Waals surface area contributed by atoms with Crippen molar-refractivity contribution in [1.82, 2.24) is 4.98 Å². The fourth-order valence-corrected chi connectivity index (χ4v) is 1.94. The number of carbonyl (C=O) groups excluding carboxylic acids is 1. The zero-order chi connectivity index (χ0) is 13.7. The zero-order valence-electron chi connectivity index (χ0n) is 9.55. The summed E-state index contributed by atoms with van der Waals surface area (Å²) in [6, 6.07) is 1.27. The topological polar surface area (TPSA) is 39.2 Å². The van der Waals surface area contributed by atoms with E-state index >= 15 is 0 Å². The smallest absolute Gasteiger partial charge is 0.311 e. The second-order valence-electron chi connectivity index (χ2n) is 3.38. The molecule has 0 unspecified atom stereocenters. The molecule has 18 heavy (non-hydrogen) atoms. The first-order valence-corrected chi connectivity index (χ1v) is 6.08. The molecule has 0 aliphatic heterocycles. The predicted molar refractivity (Wildman–Crippen MR) is 64.1 cm³/mol. The van der Waals surface area contributed by atoms with Crippen LogP contribution in [0.15, 0.2) is 6.07 Å². The van der Waals surface area contributed by atoms with Crippen LogP contribution in [0.3, 0.4) is 0 Å². The highest BCUT2D eigenvalue weighted by atomic mass is 35.5. The molecule has 3 nitrogen and oxygen atoms in total. The van der Waals surface area contributed by atoms with E-state index < -0.39 is 12.4 Å². The molecule has 1 aromatic heterocycles. The quantitative estimate of drug-likeness (QED) is 0.474. The number of nitrogens with zero attached hydrogens (tertiary/aromatic N) is 1. The molecular weight excluding hydrogens is 287 g/mol. The van der Waals surface area contributed by atoms with Crippen LogP contribution < -0.4 is 0 Å². The standard InChI is InChI=1S/C11H11Cl2F2NO2/c1-2-18-9(17)4-7-10(11(14)15)6(5-12)3-8(13)16-7/h3,11H,2,4-5H2,1H3. The molecule has 100 valence electrons. The number of esters is 1. The Kier molecular flexibility index (Phi) is 5.75. The van der Waals surface area contributed by atoms with Crippen LogP contribution >= 0.6 is 23.2 Å². The van der Waals surface area contributed by atoms with Crippen LogP contribution in [0.1, 0.15) is 30.2 Å². The zero-order valence-corrected chi connectivity index (χ0v) is 11.1. The lowest BCUT2D eigenvalue weighted by atomic mass is 10.1. The third kappa shape index (κ3) is 3.78. The van der Waals surface area contributed by atoms with Crippen molar-refractivity contribution in [2.45, 2.75) is 25.7 Å². The Morgan fingerprint density at radius 3 is 2.72 bits per heavy atom. The second kappa shape index (κ2) is 6.85. The number of halogens is 4. The van der Waals surface area contributed by atoms with Gasteiger partial charge in [-0.3, -0.25) is 4.79 Å². The SMILES string of the molecule is CCOC(=O)Cc1nc(Cl)cc(CCl)c1C(F)F. The van der Waals surface area contributed by atoms with Crippen LogP contribution in [-0.2, 0) is 21.8 Å². The van der Waals surface area contributed by atoms with Crippen molar-refractivity contribution in [2.75, 3.05) is 6.61 Å². The first-order valence-electron chi connectivity index (χ1n) is 5.17. The Morgan fingerprint density at radius 2 is 2.22 bits per heavy atom. The lowest BCUT2D eigenvalue weighted by Gasteiger charge is -2.12. The summed E-state index contributed by atoms with van der Waals surface area (Å²) in [5.74, 6) is -0.757. The number of aromatic nitrogens is 1. The highest BCUT2D eigenvalue weighted by Gasteiger charge is 2.22. The van der Waals surface area contributed by atoms with Gasteiger partial charge in [-0.25, -0.2) is 13.8 Å². The summed E-state index contributed by atoms with van der Waals surface area (Å²) in [7, 11) is 0. The van der Waals surface area contributed by atoms with E-state index in [9.17, 15) is 13.6 Å². The molecule has 1 heterocycles. The highest BCUT2D eigenvalue weighted by Crippen LogP contribution is 2.29. The molecule has 0 aromatic carbocycles. The fraction of sp³-hybridized carbons (Fsp3) is 0.455. The maximum atomic E-state index is 12.9. The molecule has 0 saturated carbocycles. The average molecular weight is 298 g/mol. The van der Waals surface area contributed by atoms with E-state index in [1.54, 1.807) is 6.92 Å². The first-order chi connectivity index (χ1) is 8.49. The van der Waals surface area contributed by atoms with Gasteiger partial charge in [0.1, 0.15) is 5.15 Å². The van der Waals surface area contributed by atoms with Crippen molar-refractivity contribution < 1.29 is 18.3 Å². The molecule has 0 saturated heterocycles. The molecule has 1 rings (SSSR count). The van der Waals surface area contributed by atoms with Gasteiger partial charge in [-0.2, -0.15) is 0 Å². The molecule has 0 aliphatic carbocycles.